The third kappa shape index (κ3) is 7.71. The molecule has 0 amide bonds. The Morgan fingerprint density at radius 3 is 2.62 bits per heavy atom. The predicted octanol–water partition coefficient (Wildman–Crippen LogP) is 2.64. The van der Waals surface area contributed by atoms with Gasteiger partial charge in [0.2, 0.25) is 5.95 Å². The number of guanidine groups is 1. The second-order valence-corrected chi connectivity index (χ2v) is 7.76. The standard InChI is InChI=1S/C20H31N7S.HI/c1-3-21-19(25-15-17(2)18-5-14-28-16-18)22-8-9-26-10-12-27(13-11-26)20-23-6-4-7-24-20;/h4-7,14,16-17H,3,8-13,15H2,1-2H3,(H2,21,22,25);1H. The number of aromatic nitrogens is 2. The molecular weight excluding hydrogens is 497 g/mol. The van der Waals surface area contributed by atoms with Gasteiger partial charge in [-0.05, 0) is 35.4 Å². The van der Waals surface area contributed by atoms with Gasteiger partial charge in [-0.2, -0.15) is 11.3 Å². The number of anilines is 1. The highest BCUT2D eigenvalue weighted by molar-refractivity contribution is 14.0. The van der Waals surface area contributed by atoms with Crippen molar-refractivity contribution in [3.63, 3.8) is 0 Å². The van der Waals surface area contributed by atoms with Crippen molar-refractivity contribution in [3.8, 4) is 0 Å². The average Bonchev–Trinajstić information content (AvgIpc) is 3.28. The molecule has 0 aliphatic carbocycles. The first-order valence-corrected chi connectivity index (χ1v) is 11.0. The molecule has 0 spiro atoms. The number of piperazine rings is 1. The van der Waals surface area contributed by atoms with Crippen molar-refractivity contribution in [2.75, 3.05) is 57.3 Å². The van der Waals surface area contributed by atoms with E-state index in [-0.39, 0.29) is 24.0 Å². The highest BCUT2D eigenvalue weighted by Gasteiger charge is 2.18. The third-order valence-corrected chi connectivity index (χ3v) is 5.61. The molecule has 0 bridgehead atoms. The Morgan fingerprint density at radius 1 is 1.21 bits per heavy atom. The molecule has 2 aromatic rings. The van der Waals surface area contributed by atoms with Gasteiger partial charge < -0.3 is 15.5 Å². The molecular formula is C20H32IN7S. The molecule has 9 heteroatoms. The van der Waals surface area contributed by atoms with Crippen LogP contribution in [0.2, 0.25) is 0 Å². The van der Waals surface area contributed by atoms with Crippen LogP contribution in [0.3, 0.4) is 0 Å². The molecule has 0 radical (unpaired) electrons. The van der Waals surface area contributed by atoms with Crippen LogP contribution in [0, 0.1) is 0 Å². The quantitative estimate of drug-likeness (QED) is 0.312. The average molecular weight is 529 g/mol. The lowest BCUT2D eigenvalue weighted by molar-refractivity contribution is 0.260. The minimum Gasteiger partial charge on any atom is -0.357 e. The summed E-state index contributed by atoms with van der Waals surface area (Å²) in [6.07, 6.45) is 3.61. The van der Waals surface area contributed by atoms with Crippen LogP contribution in [0.4, 0.5) is 5.95 Å². The molecule has 0 saturated carbocycles. The Hall–Kier alpha value is -1.46. The normalized spacial score (nSPS) is 16.2. The summed E-state index contributed by atoms with van der Waals surface area (Å²) in [6.45, 7) is 11.9. The monoisotopic (exact) mass is 529 g/mol. The number of rotatable bonds is 8. The van der Waals surface area contributed by atoms with Gasteiger partial charge in [0.05, 0.1) is 0 Å². The second kappa shape index (κ2) is 13.0. The van der Waals surface area contributed by atoms with Crippen molar-refractivity contribution in [1.29, 1.82) is 0 Å². The van der Waals surface area contributed by atoms with Crippen LogP contribution >= 0.6 is 35.3 Å². The molecule has 7 nitrogen and oxygen atoms in total. The summed E-state index contributed by atoms with van der Waals surface area (Å²) in [6, 6.07) is 4.04. The van der Waals surface area contributed by atoms with Gasteiger partial charge in [0.15, 0.2) is 5.96 Å². The molecule has 3 heterocycles. The largest absolute Gasteiger partial charge is 0.357 e. The van der Waals surface area contributed by atoms with Gasteiger partial charge in [0.1, 0.15) is 0 Å². The lowest BCUT2D eigenvalue weighted by atomic mass is 10.1. The van der Waals surface area contributed by atoms with Crippen LogP contribution in [-0.4, -0.2) is 73.2 Å². The van der Waals surface area contributed by atoms with Gasteiger partial charge in [0.25, 0.3) is 0 Å². The van der Waals surface area contributed by atoms with Gasteiger partial charge in [-0.3, -0.25) is 9.89 Å². The zero-order valence-electron chi connectivity index (χ0n) is 17.3. The number of hydrogen-bond donors (Lipinski definition) is 2. The maximum absolute atomic E-state index is 4.76. The van der Waals surface area contributed by atoms with Gasteiger partial charge in [-0.25, -0.2) is 9.97 Å². The third-order valence-electron chi connectivity index (χ3n) is 4.91. The summed E-state index contributed by atoms with van der Waals surface area (Å²) in [5.41, 5.74) is 1.37. The van der Waals surface area contributed by atoms with Crippen LogP contribution in [0.5, 0.6) is 0 Å². The maximum Gasteiger partial charge on any atom is 0.225 e. The fourth-order valence-electron chi connectivity index (χ4n) is 3.19. The summed E-state index contributed by atoms with van der Waals surface area (Å²) in [7, 11) is 0. The van der Waals surface area contributed by atoms with Crippen LogP contribution in [0.15, 0.2) is 40.3 Å². The molecule has 0 aromatic carbocycles. The van der Waals surface area contributed by atoms with E-state index in [1.165, 1.54) is 5.56 Å². The smallest absolute Gasteiger partial charge is 0.225 e. The second-order valence-electron chi connectivity index (χ2n) is 6.98. The zero-order chi connectivity index (χ0) is 19.6. The minimum atomic E-state index is 0. The summed E-state index contributed by atoms with van der Waals surface area (Å²) < 4.78 is 0. The van der Waals surface area contributed by atoms with E-state index in [9.17, 15) is 0 Å². The number of nitrogens with zero attached hydrogens (tertiary/aromatic N) is 5. The van der Waals surface area contributed by atoms with Crippen molar-refractivity contribution in [1.82, 2.24) is 25.5 Å². The van der Waals surface area contributed by atoms with E-state index in [1.54, 1.807) is 23.7 Å². The topological polar surface area (TPSA) is 68.7 Å². The number of hydrogen-bond acceptors (Lipinski definition) is 6. The zero-order valence-corrected chi connectivity index (χ0v) is 20.4. The first-order valence-electron chi connectivity index (χ1n) is 10.0. The van der Waals surface area contributed by atoms with Crippen LogP contribution in [-0.2, 0) is 0 Å². The summed E-state index contributed by atoms with van der Waals surface area (Å²) >= 11 is 1.74. The Balaban J connectivity index is 0.00000300. The van der Waals surface area contributed by atoms with E-state index in [1.807, 2.05) is 6.07 Å². The molecule has 1 aliphatic rings. The SMILES string of the molecule is CCNC(=NCC(C)c1ccsc1)NCCN1CCN(c2ncccn2)CC1.I. The molecule has 1 atom stereocenters. The molecule has 1 fully saturated rings. The highest BCUT2D eigenvalue weighted by Crippen LogP contribution is 2.18. The van der Waals surface area contributed by atoms with Gasteiger partial charge in [-0.15, -0.1) is 24.0 Å². The Bertz CT molecular complexity index is 703. The molecule has 160 valence electrons. The van der Waals surface area contributed by atoms with Gasteiger partial charge in [0, 0.05) is 70.7 Å². The summed E-state index contributed by atoms with van der Waals surface area (Å²) in [4.78, 5) is 18.2. The molecule has 1 unspecified atom stereocenters. The molecule has 29 heavy (non-hydrogen) atoms. The first kappa shape index (κ1) is 23.8. The Kier molecular flexibility index (Phi) is 10.6. The van der Waals surface area contributed by atoms with Crippen molar-refractivity contribution in [3.05, 3.63) is 40.8 Å². The first-order chi connectivity index (χ1) is 13.8. The Morgan fingerprint density at radius 2 is 1.97 bits per heavy atom. The predicted molar refractivity (Wildman–Crippen MR) is 133 cm³/mol. The molecule has 1 aliphatic heterocycles. The van der Waals surface area contributed by atoms with E-state index >= 15 is 0 Å². The van der Waals surface area contributed by atoms with E-state index in [4.69, 9.17) is 4.99 Å². The minimum absolute atomic E-state index is 0. The van der Waals surface area contributed by atoms with E-state index < -0.39 is 0 Å². The number of thiophene rings is 1. The van der Waals surface area contributed by atoms with Crippen LogP contribution < -0.4 is 15.5 Å². The molecule has 1 saturated heterocycles. The van der Waals surface area contributed by atoms with Gasteiger partial charge in [-0.1, -0.05) is 6.92 Å². The van der Waals surface area contributed by atoms with Crippen LogP contribution in [0.1, 0.15) is 25.3 Å². The van der Waals surface area contributed by atoms with E-state index in [0.717, 1.165) is 64.3 Å². The fourth-order valence-corrected chi connectivity index (χ4v) is 3.97. The fraction of sp³-hybridized carbons (Fsp3) is 0.550. The highest BCUT2D eigenvalue weighted by atomic mass is 127. The summed E-state index contributed by atoms with van der Waals surface area (Å²) in [5.74, 6) is 2.18. The van der Waals surface area contributed by atoms with Crippen molar-refractivity contribution < 1.29 is 0 Å². The summed E-state index contributed by atoms with van der Waals surface area (Å²) in [5, 5.41) is 11.2. The van der Waals surface area contributed by atoms with Gasteiger partial charge >= 0.3 is 0 Å². The Labute approximate surface area is 195 Å². The van der Waals surface area contributed by atoms with Crippen molar-refractivity contribution in [2.24, 2.45) is 4.99 Å². The maximum atomic E-state index is 4.76. The van der Waals surface area contributed by atoms with E-state index in [0.29, 0.717) is 5.92 Å². The number of halogens is 1. The number of aliphatic imine (C=N–C) groups is 1. The van der Waals surface area contributed by atoms with Crippen molar-refractivity contribution in [2.45, 2.75) is 19.8 Å². The number of nitrogens with one attached hydrogen (secondary N) is 2. The van der Waals surface area contributed by atoms with Crippen molar-refractivity contribution >= 4 is 47.2 Å². The van der Waals surface area contributed by atoms with E-state index in [2.05, 4.69) is 61.1 Å². The molecule has 2 N–H and O–H groups in total. The van der Waals surface area contributed by atoms with Crippen LogP contribution in [0.25, 0.3) is 0 Å². The molecule has 3 rings (SSSR count). The lowest BCUT2D eigenvalue weighted by Crippen LogP contribution is -2.49. The lowest BCUT2D eigenvalue weighted by Gasteiger charge is -2.34. The molecule has 2 aromatic heterocycles.